The van der Waals surface area contributed by atoms with Gasteiger partial charge in [0.25, 0.3) is 0 Å². The van der Waals surface area contributed by atoms with Gasteiger partial charge >= 0.3 is 0 Å². The Kier molecular flexibility index (Phi) is 8.70. The summed E-state index contributed by atoms with van der Waals surface area (Å²) in [5.74, 6) is 0.708. The van der Waals surface area contributed by atoms with Gasteiger partial charge in [-0.05, 0) is 43.7 Å². The van der Waals surface area contributed by atoms with Crippen LogP contribution in [0.2, 0.25) is 0 Å². The van der Waals surface area contributed by atoms with Crippen LogP contribution in [0.5, 0.6) is 0 Å². The highest BCUT2D eigenvalue weighted by Crippen LogP contribution is 2.26. The molecule has 2 aliphatic rings. The molecule has 2 amide bonds. The van der Waals surface area contributed by atoms with Crippen LogP contribution in [-0.2, 0) is 9.59 Å². The van der Waals surface area contributed by atoms with Crippen molar-refractivity contribution in [2.45, 2.75) is 63.8 Å². The first-order chi connectivity index (χ1) is 14.7. The fraction of sp³-hybridized carbons (Fsp3) is 0.625. The van der Waals surface area contributed by atoms with Gasteiger partial charge in [-0.2, -0.15) is 5.26 Å². The molecule has 0 radical (unpaired) electrons. The van der Waals surface area contributed by atoms with Crippen molar-refractivity contribution in [2.75, 3.05) is 31.1 Å². The lowest BCUT2D eigenvalue weighted by molar-refractivity contribution is -0.125. The van der Waals surface area contributed by atoms with Gasteiger partial charge in [-0.3, -0.25) is 9.59 Å². The Morgan fingerprint density at radius 1 is 1.07 bits per heavy atom. The molecule has 1 N–H and O–H groups in total. The Labute approximate surface area is 180 Å². The summed E-state index contributed by atoms with van der Waals surface area (Å²) in [6.45, 7) is 3.67. The molecule has 6 nitrogen and oxygen atoms in total. The van der Waals surface area contributed by atoms with Gasteiger partial charge in [-0.15, -0.1) is 0 Å². The summed E-state index contributed by atoms with van der Waals surface area (Å²) in [5.41, 5.74) is 0.771. The quantitative estimate of drug-likeness (QED) is 0.676. The molecule has 1 aromatic rings. The van der Waals surface area contributed by atoms with Crippen molar-refractivity contribution in [3.05, 3.63) is 30.3 Å². The van der Waals surface area contributed by atoms with E-state index in [0.29, 0.717) is 6.54 Å². The summed E-state index contributed by atoms with van der Waals surface area (Å²) in [7, 11) is 0. The zero-order valence-corrected chi connectivity index (χ0v) is 17.9. The van der Waals surface area contributed by atoms with Crippen LogP contribution in [-0.4, -0.2) is 48.9 Å². The molecule has 0 atom stereocenters. The van der Waals surface area contributed by atoms with Crippen molar-refractivity contribution >= 4 is 17.5 Å². The number of piperidine rings is 1. The van der Waals surface area contributed by atoms with Gasteiger partial charge < -0.3 is 15.1 Å². The third-order valence-corrected chi connectivity index (χ3v) is 6.33. The van der Waals surface area contributed by atoms with Crippen molar-refractivity contribution in [1.82, 2.24) is 10.2 Å². The van der Waals surface area contributed by atoms with Crippen molar-refractivity contribution in [3.8, 4) is 6.07 Å². The van der Waals surface area contributed by atoms with E-state index in [0.717, 1.165) is 37.5 Å². The van der Waals surface area contributed by atoms with E-state index in [1.165, 1.54) is 32.2 Å². The molecular weight excluding hydrogens is 376 g/mol. The number of anilines is 1. The minimum Gasteiger partial charge on any atom is -0.353 e. The van der Waals surface area contributed by atoms with Crippen molar-refractivity contribution < 1.29 is 9.59 Å². The second-order valence-electron chi connectivity index (χ2n) is 8.58. The summed E-state index contributed by atoms with van der Waals surface area (Å²) in [6, 6.07) is 11.7. The first-order valence-electron chi connectivity index (χ1n) is 11.4. The fourth-order valence-corrected chi connectivity index (χ4v) is 4.64. The Balaban J connectivity index is 1.39. The topological polar surface area (TPSA) is 76.4 Å². The van der Waals surface area contributed by atoms with E-state index in [2.05, 4.69) is 16.3 Å². The first-order valence-corrected chi connectivity index (χ1v) is 11.4. The lowest BCUT2D eigenvalue weighted by atomic mass is 10.0. The Morgan fingerprint density at radius 3 is 2.43 bits per heavy atom. The van der Waals surface area contributed by atoms with Crippen LogP contribution < -0.4 is 10.2 Å². The smallest absolute Gasteiger partial charge is 0.227 e. The van der Waals surface area contributed by atoms with E-state index >= 15 is 0 Å². The summed E-state index contributed by atoms with van der Waals surface area (Å²) >= 11 is 0. The van der Waals surface area contributed by atoms with Gasteiger partial charge in [0.1, 0.15) is 0 Å². The number of nitriles is 1. The van der Waals surface area contributed by atoms with Gasteiger partial charge in [0.05, 0.1) is 12.5 Å². The minimum atomic E-state index is -0.113. The van der Waals surface area contributed by atoms with Crippen LogP contribution in [0.1, 0.15) is 57.8 Å². The average molecular weight is 411 g/mol. The monoisotopic (exact) mass is 410 g/mol. The standard InChI is InChI=1S/C24H34N4O2/c25-15-6-16-28(22-9-2-1-3-10-22)24(30)12-11-23(29)26-21-13-17-27(18-14-21)19-20-7-4-5-8-20/h1-3,9-10,20-21H,4-8,11-14,16-19H2,(H,26,29). The Bertz CT molecular complexity index is 716. The maximum absolute atomic E-state index is 12.7. The van der Waals surface area contributed by atoms with Crippen LogP contribution in [0.15, 0.2) is 30.3 Å². The molecule has 3 rings (SSSR count). The molecule has 0 aromatic heterocycles. The molecule has 30 heavy (non-hydrogen) atoms. The molecule has 162 valence electrons. The van der Waals surface area contributed by atoms with Crippen LogP contribution in [0.3, 0.4) is 0 Å². The molecule has 1 saturated heterocycles. The molecular formula is C24H34N4O2. The molecule has 1 aliphatic heterocycles. The molecule has 1 heterocycles. The van der Waals surface area contributed by atoms with E-state index in [9.17, 15) is 9.59 Å². The van der Waals surface area contributed by atoms with E-state index in [-0.39, 0.29) is 37.1 Å². The first kappa shape index (κ1) is 22.3. The highest BCUT2D eigenvalue weighted by atomic mass is 16.2. The van der Waals surface area contributed by atoms with Crippen LogP contribution in [0, 0.1) is 17.2 Å². The number of amides is 2. The summed E-state index contributed by atoms with van der Waals surface area (Å²) in [5, 5.41) is 12.0. The Hall–Kier alpha value is -2.39. The normalized spacial score (nSPS) is 18.1. The highest BCUT2D eigenvalue weighted by Gasteiger charge is 2.24. The number of likely N-dealkylation sites (tertiary alicyclic amines) is 1. The van der Waals surface area contributed by atoms with E-state index in [4.69, 9.17) is 5.26 Å². The number of rotatable bonds is 9. The largest absolute Gasteiger partial charge is 0.353 e. The van der Waals surface area contributed by atoms with Gasteiger partial charge in [0, 0.05) is 50.7 Å². The highest BCUT2D eigenvalue weighted by molar-refractivity contribution is 5.95. The number of carbonyl (C=O) groups excluding carboxylic acids is 2. The van der Waals surface area contributed by atoms with E-state index in [1.54, 1.807) is 4.90 Å². The number of nitrogens with zero attached hydrogens (tertiary/aromatic N) is 3. The molecule has 0 spiro atoms. The van der Waals surface area contributed by atoms with Crippen molar-refractivity contribution in [1.29, 1.82) is 5.26 Å². The molecule has 1 aromatic carbocycles. The predicted octanol–water partition coefficient (Wildman–Crippen LogP) is 3.48. The second-order valence-corrected chi connectivity index (χ2v) is 8.58. The third kappa shape index (κ3) is 6.84. The second kappa shape index (κ2) is 11.7. The molecule has 0 unspecified atom stereocenters. The van der Waals surface area contributed by atoms with E-state index < -0.39 is 0 Å². The lowest BCUT2D eigenvalue weighted by Crippen LogP contribution is -2.45. The molecule has 6 heteroatoms. The number of benzene rings is 1. The summed E-state index contributed by atoms with van der Waals surface area (Å²) < 4.78 is 0. The lowest BCUT2D eigenvalue weighted by Gasteiger charge is -2.33. The van der Waals surface area contributed by atoms with Gasteiger partial charge in [-0.1, -0.05) is 31.0 Å². The number of hydrogen-bond donors (Lipinski definition) is 1. The van der Waals surface area contributed by atoms with Crippen molar-refractivity contribution in [3.63, 3.8) is 0 Å². The predicted molar refractivity (Wildman–Crippen MR) is 118 cm³/mol. The van der Waals surface area contributed by atoms with Gasteiger partial charge in [0.15, 0.2) is 0 Å². The zero-order chi connectivity index (χ0) is 21.2. The average Bonchev–Trinajstić information content (AvgIpc) is 3.28. The Morgan fingerprint density at radius 2 is 1.77 bits per heavy atom. The maximum Gasteiger partial charge on any atom is 0.227 e. The summed E-state index contributed by atoms with van der Waals surface area (Å²) in [6.07, 6.45) is 8.12. The summed E-state index contributed by atoms with van der Waals surface area (Å²) in [4.78, 5) is 29.2. The van der Waals surface area contributed by atoms with Crippen LogP contribution in [0.25, 0.3) is 0 Å². The zero-order valence-electron chi connectivity index (χ0n) is 17.9. The number of nitrogens with one attached hydrogen (secondary N) is 1. The molecule has 0 bridgehead atoms. The van der Waals surface area contributed by atoms with Crippen LogP contribution >= 0.6 is 0 Å². The molecule has 2 fully saturated rings. The number of carbonyl (C=O) groups is 2. The number of hydrogen-bond acceptors (Lipinski definition) is 4. The SMILES string of the molecule is N#CCCN(C(=O)CCC(=O)NC1CCN(CC2CCCC2)CC1)c1ccccc1. The maximum atomic E-state index is 12.7. The minimum absolute atomic E-state index is 0.0501. The third-order valence-electron chi connectivity index (χ3n) is 6.33. The van der Waals surface area contributed by atoms with Gasteiger partial charge in [0.2, 0.25) is 11.8 Å². The fourth-order valence-electron chi connectivity index (χ4n) is 4.64. The molecule has 1 aliphatic carbocycles. The number of para-hydroxylation sites is 1. The van der Waals surface area contributed by atoms with Crippen LogP contribution in [0.4, 0.5) is 5.69 Å². The molecule has 1 saturated carbocycles. The van der Waals surface area contributed by atoms with Crippen molar-refractivity contribution in [2.24, 2.45) is 5.92 Å². The van der Waals surface area contributed by atoms with E-state index in [1.807, 2.05) is 30.3 Å². The van der Waals surface area contributed by atoms with Gasteiger partial charge in [-0.25, -0.2) is 0 Å².